The molecule has 0 aromatic heterocycles. The highest BCUT2D eigenvalue weighted by Gasteiger charge is 2.30. The highest BCUT2D eigenvalue weighted by Crippen LogP contribution is 2.08. The summed E-state index contributed by atoms with van der Waals surface area (Å²) in [5.74, 6) is -2.00. The Kier molecular flexibility index (Phi) is 5.38. The molecule has 0 aliphatic heterocycles. The SMILES string of the molecule is COC(=O)C(C)(O)CNCCc1cc(F)cc(F)c1. The van der Waals surface area contributed by atoms with Crippen LogP contribution in [0.3, 0.4) is 0 Å². The fraction of sp³-hybridized carbons (Fsp3) is 0.462. The second-order valence-corrected chi connectivity index (χ2v) is 4.47. The summed E-state index contributed by atoms with van der Waals surface area (Å²) in [7, 11) is 1.19. The maximum Gasteiger partial charge on any atom is 0.338 e. The number of carbonyl (C=O) groups is 1. The lowest BCUT2D eigenvalue weighted by Crippen LogP contribution is -2.46. The zero-order valence-corrected chi connectivity index (χ0v) is 10.9. The molecule has 0 radical (unpaired) electrons. The smallest absolute Gasteiger partial charge is 0.338 e. The third-order valence-electron chi connectivity index (χ3n) is 2.61. The number of halogens is 2. The number of carbonyl (C=O) groups excluding carboxylic acids is 1. The van der Waals surface area contributed by atoms with Gasteiger partial charge in [0.15, 0.2) is 5.60 Å². The summed E-state index contributed by atoms with van der Waals surface area (Å²) >= 11 is 0. The molecular weight excluding hydrogens is 256 g/mol. The summed E-state index contributed by atoms with van der Waals surface area (Å²) in [6, 6.07) is 3.28. The molecule has 1 atom stereocenters. The highest BCUT2D eigenvalue weighted by atomic mass is 19.1. The molecule has 1 aromatic carbocycles. The van der Waals surface area contributed by atoms with E-state index in [1.54, 1.807) is 0 Å². The Labute approximate surface area is 110 Å². The Morgan fingerprint density at radius 3 is 2.47 bits per heavy atom. The Hall–Kier alpha value is -1.53. The van der Waals surface area contributed by atoms with Gasteiger partial charge in [-0.05, 0) is 37.6 Å². The number of ether oxygens (including phenoxy) is 1. The van der Waals surface area contributed by atoms with Crippen molar-refractivity contribution in [1.29, 1.82) is 0 Å². The number of hydrogen-bond acceptors (Lipinski definition) is 4. The Morgan fingerprint density at radius 1 is 1.37 bits per heavy atom. The first-order chi connectivity index (χ1) is 8.85. The van der Waals surface area contributed by atoms with Gasteiger partial charge in [-0.15, -0.1) is 0 Å². The monoisotopic (exact) mass is 273 g/mol. The fourth-order valence-corrected chi connectivity index (χ4v) is 1.61. The molecule has 4 nitrogen and oxygen atoms in total. The van der Waals surface area contributed by atoms with Gasteiger partial charge < -0.3 is 15.2 Å². The second kappa shape index (κ2) is 6.58. The van der Waals surface area contributed by atoms with Crippen molar-refractivity contribution < 1.29 is 23.4 Å². The van der Waals surface area contributed by atoms with E-state index < -0.39 is 23.2 Å². The van der Waals surface area contributed by atoms with Crippen molar-refractivity contribution in [3.63, 3.8) is 0 Å². The Morgan fingerprint density at radius 2 is 1.95 bits per heavy atom. The molecule has 0 fully saturated rings. The Balaban J connectivity index is 2.41. The maximum absolute atomic E-state index is 12.9. The second-order valence-electron chi connectivity index (χ2n) is 4.47. The van der Waals surface area contributed by atoms with Gasteiger partial charge in [0.1, 0.15) is 11.6 Å². The molecular formula is C13H17F2NO3. The zero-order valence-electron chi connectivity index (χ0n) is 10.9. The van der Waals surface area contributed by atoms with Gasteiger partial charge in [-0.1, -0.05) is 0 Å². The van der Waals surface area contributed by atoms with E-state index in [4.69, 9.17) is 0 Å². The number of aliphatic hydroxyl groups is 1. The van der Waals surface area contributed by atoms with Gasteiger partial charge in [0.05, 0.1) is 7.11 Å². The van der Waals surface area contributed by atoms with Crippen LogP contribution in [0.1, 0.15) is 12.5 Å². The third-order valence-corrected chi connectivity index (χ3v) is 2.61. The van der Waals surface area contributed by atoms with E-state index in [1.807, 2.05) is 0 Å². The largest absolute Gasteiger partial charge is 0.467 e. The third kappa shape index (κ3) is 4.92. The van der Waals surface area contributed by atoms with E-state index in [0.717, 1.165) is 6.07 Å². The molecule has 6 heteroatoms. The van der Waals surface area contributed by atoms with Crippen LogP contribution in [-0.2, 0) is 16.0 Å². The van der Waals surface area contributed by atoms with Gasteiger partial charge in [0.25, 0.3) is 0 Å². The van der Waals surface area contributed by atoms with E-state index >= 15 is 0 Å². The summed E-state index contributed by atoms with van der Waals surface area (Å²) in [6.07, 6.45) is 0.381. The minimum atomic E-state index is -1.62. The van der Waals surface area contributed by atoms with Crippen LogP contribution in [0.4, 0.5) is 8.78 Å². The van der Waals surface area contributed by atoms with E-state index in [9.17, 15) is 18.7 Å². The van der Waals surface area contributed by atoms with Crippen LogP contribution >= 0.6 is 0 Å². The molecule has 1 aromatic rings. The average molecular weight is 273 g/mol. The molecule has 0 heterocycles. The van der Waals surface area contributed by atoms with Gasteiger partial charge in [-0.25, -0.2) is 13.6 Å². The van der Waals surface area contributed by atoms with Crippen LogP contribution in [0.2, 0.25) is 0 Å². The molecule has 1 rings (SSSR count). The number of hydrogen-bond donors (Lipinski definition) is 2. The van der Waals surface area contributed by atoms with Gasteiger partial charge >= 0.3 is 5.97 Å². The van der Waals surface area contributed by atoms with Crippen molar-refractivity contribution >= 4 is 5.97 Å². The summed E-state index contributed by atoms with van der Waals surface area (Å²) in [6.45, 7) is 1.70. The molecule has 0 amide bonds. The topological polar surface area (TPSA) is 58.6 Å². The maximum atomic E-state index is 12.9. The molecule has 1 unspecified atom stereocenters. The first kappa shape index (κ1) is 15.5. The minimum Gasteiger partial charge on any atom is -0.467 e. The molecule has 0 spiro atoms. The molecule has 0 saturated heterocycles. The fourth-order valence-electron chi connectivity index (χ4n) is 1.61. The van der Waals surface area contributed by atoms with Crippen LogP contribution in [-0.4, -0.2) is 36.9 Å². The number of esters is 1. The number of benzene rings is 1. The van der Waals surface area contributed by atoms with Gasteiger partial charge in [0, 0.05) is 12.6 Å². The van der Waals surface area contributed by atoms with Crippen LogP contribution in [0.15, 0.2) is 18.2 Å². The predicted octanol–water partition coefficient (Wildman–Crippen LogP) is 1.02. The van der Waals surface area contributed by atoms with E-state index in [1.165, 1.54) is 26.2 Å². The number of rotatable bonds is 6. The minimum absolute atomic E-state index is 0.00251. The molecule has 0 bridgehead atoms. The van der Waals surface area contributed by atoms with Gasteiger partial charge in [-0.2, -0.15) is 0 Å². The van der Waals surface area contributed by atoms with Crippen LogP contribution in [0.5, 0.6) is 0 Å². The molecule has 19 heavy (non-hydrogen) atoms. The van der Waals surface area contributed by atoms with Crippen molar-refractivity contribution in [2.75, 3.05) is 20.2 Å². The zero-order chi connectivity index (χ0) is 14.5. The van der Waals surface area contributed by atoms with Crippen molar-refractivity contribution in [3.8, 4) is 0 Å². The molecule has 106 valence electrons. The summed E-state index contributed by atoms with van der Waals surface area (Å²) in [5, 5.41) is 12.5. The molecule has 2 N–H and O–H groups in total. The summed E-state index contributed by atoms with van der Waals surface area (Å²) < 4.78 is 30.3. The number of nitrogens with one attached hydrogen (secondary N) is 1. The summed E-state index contributed by atoms with van der Waals surface area (Å²) in [4.78, 5) is 11.2. The lowest BCUT2D eigenvalue weighted by Gasteiger charge is -2.20. The van der Waals surface area contributed by atoms with Crippen molar-refractivity contribution in [2.24, 2.45) is 0 Å². The van der Waals surface area contributed by atoms with Crippen LogP contribution in [0, 0.1) is 11.6 Å². The highest BCUT2D eigenvalue weighted by molar-refractivity contribution is 5.78. The van der Waals surface area contributed by atoms with Crippen molar-refractivity contribution in [1.82, 2.24) is 5.32 Å². The lowest BCUT2D eigenvalue weighted by molar-refractivity contribution is -0.159. The van der Waals surface area contributed by atoms with Crippen LogP contribution < -0.4 is 5.32 Å². The van der Waals surface area contributed by atoms with Crippen molar-refractivity contribution in [2.45, 2.75) is 18.9 Å². The number of methoxy groups -OCH3 is 1. The first-order valence-corrected chi connectivity index (χ1v) is 5.81. The van der Waals surface area contributed by atoms with Crippen molar-refractivity contribution in [3.05, 3.63) is 35.4 Å². The van der Waals surface area contributed by atoms with E-state index in [2.05, 4.69) is 10.1 Å². The normalized spacial score (nSPS) is 13.9. The quantitative estimate of drug-likeness (QED) is 0.600. The Bertz CT molecular complexity index is 429. The predicted molar refractivity (Wildman–Crippen MR) is 65.6 cm³/mol. The summed E-state index contributed by atoms with van der Waals surface area (Å²) in [5.41, 5.74) is -1.12. The van der Waals surface area contributed by atoms with Crippen LogP contribution in [0.25, 0.3) is 0 Å². The molecule has 0 saturated carbocycles. The van der Waals surface area contributed by atoms with Gasteiger partial charge in [-0.3, -0.25) is 0 Å². The first-order valence-electron chi connectivity index (χ1n) is 5.81. The molecule has 0 aliphatic carbocycles. The standard InChI is InChI=1S/C13H17F2NO3/c1-13(18,12(17)19-2)8-16-4-3-9-5-10(14)7-11(15)6-9/h5-7,16,18H,3-4,8H2,1-2H3. The van der Waals surface area contributed by atoms with Gasteiger partial charge in [0.2, 0.25) is 0 Å². The van der Waals surface area contributed by atoms with E-state index in [-0.39, 0.29) is 6.54 Å². The average Bonchev–Trinajstić information content (AvgIpc) is 2.32. The lowest BCUT2D eigenvalue weighted by atomic mass is 10.1. The van der Waals surface area contributed by atoms with E-state index in [0.29, 0.717) is 18.5 Å². The molecule has 0 aliphatic rings.